The van der Waals surface area contributed by atoms with Gasteiger partial charge in [-0.2, -0.15) is 0 Å². The van der Waals surface area contributed by atoms with E-state index in [4.69, 9.17) is 0 Å². The summed E-state index contributed by atoms with van der Waals surface area (Å²) in [5.41, 5.74) is 0. The van der Waals surface area contributed by atoms with E-state index >= 15 is 0 Å². The summed E-state index contributed by atoms with van der Waals surface area (Å²) >= 11 is 2.87. The summed E-state index contributed by atoms with van der Waals surface area (Å²) in [6, 6.07) is 0. The summed E-state index contributed by atoms with van der Waals surface area (Å²) in [5.74, 6) is 0.776. The van der Waals surface area contributed by atoms with Crippen LogP contribution in [0.15, 0.2) is 0 Å². The number of carbonyl (C=O) groups excluding carboxylic acids is 2. The lowest BCUT2D eigenvalue weighted by atomic mass is 9.81. The Morgan fingerprint density at radius 2 is 1.13 bits per heavy atom. The van der Waals surface area contributed by atoms with Gasteiger partial charge in [0.25, 0.3) is 0 Å². The molecule has 1 saturated carbocycles. The number of amides is 2. The highest BCUT2D eigenvalue weighted by atomic mass is 32.1. The maximum atomic E-state index is 12.6. The fourth-order valence-electron chi connectivity index (χ4n) is 3.50. The second kappa shape index (κ2) is 10.4. The van der Waals surface area contributed by atoms with Crippen LogP contribution in [0.25, 0.3) is 0 Å². The first-order valence-corrected chi connectivity index (χ1v) is 12.2. The van der Waals surface area contributed by atoms with Crippen molar-refractivity contribution in [1.29, 1.82) is 0 Å². The third-order valence-corrected chi connectivity index (χ3v) is 6.75. The first kappa shape index (κ1) is 22.7. The Bertz CT molecular complexity index is 785. The van der Waals surface area contributed by atoms with Crippen LogP contribution in [0.3, 0.4) is 0 Å². The van der Waals surface area contributed by atoms with Crippen LogP contribution in [-0.4, -0.2) is 32.2 Å². The molecule has 2 heterocycles. The van der Waals surface area contributed by atoms with Crippen LogP contribution in [0.5, 0.6) is 0 Å². The van der Waals surface area contributed by atoms with Crippen molar-refractivity contribution in [3.05, 3.63) is 10.0 Å². The topological polar surface area (TPSA) is 110 Å². The van der Waals surface area contributed by atoms with Gasteiger partial charge in [-0.1, -0.05) is 50.4 Å². The quantitative estimate of drug-likeness (QED) is 0.625. The molecule has 2 amide bonds. The number of hydrogen-bond acceptors (Lipinski definition) is 8. The standard InChI is InChI=1S/C20H30N6O2S2/c1-11(2)9-15-23-25-19(29-15)21-17(27)13-5-7-14(8-6-13)18(28)22-20-26-24-16(30-20)10-12(3)4/h11-14H,5-10H2,1-4H3,(H,21,25,27)(H,22,26,28). The minimum atomic E-state index is -0.0920. The highest BCUT2D eigenvalue weighted by molar-refractivity contribution is 7.15. The van der Waals surface area contributed by atoms with Gasteiger partial charge in [0.2, 0.25) is 22.1 Å². The Kier molecular flexibility index (Phi) is 7.87. The van der Waals surface area contributed by atoms with Crippen molar-refractivity contribution in [3.63, 3.8) is 0 Å². The number of rotatable bonds is 8. The lowest BCUT2D eigenvalue weighted by molar-refractivity contribution is -0.125. The van der Waals surface area contributed by atoms with E-state index in [0.29, 0.717) is 47.8 Å². The van der Waals surface area contributed by atoms with Crippen LogP contribution in [0.2, 0.25) is 0 Å². The van der Waals surface area contributed by atoms with Crippen molar-refractivity contribution in [3.8, 4) is 0 Å². The van der Waals surface area contributed by atoms with Crippen LogP contribution in [-0.2, 0) is 22.4 Å². The maximum absolute atomic E-state index is 12.6. The second-order valence-electron chi connectivity index (χ2n) is 8.72. The van der Waals surface area contributed by atoms with Gasteiger partial charge in [0.05, 0.1) is 0 Å². The highest BCUT2D eigenvalue weighted by Gasteiger charge is 2.31. The van der Waals surface area contributed by atoms with Crippen molar-refractivity contribution in [2.45, 2.75) is 66.2 Å². The average molecular weight is 451 g/mol. The Balaban J connectivity index is 1.44. The Hall–Kier alpha value is -1.94. The van der Waals surface area contributed by atoms with Gasteiger partial charge in [-0.3, -0.25) is 9.59 Å². The van der Waals surface area contributed by atoms with Crippen molar-refractivity contribution in [1.82, 2.24) is 20.4 Å². The molecule has 2 aromatic rings. The van der Waals surface area contributed by atoms with Gasteiger partial charge >= 0.3 is 0 Å². The smallest absolute Gasteiger partial charge is 0.229 e. The van der Waals surface area contributed by atoms with Gasteiger partial charge in [0, 0.05) is 24.7 Å². The van der Waals surface area contributed by atoms with Gasteiger partial charge < -0.3 is 10.6 Å². The van der Waals surface area contributed by atoms with Crippen LogP contribution in [0.4, 0.5) is 10.3 Å². The molecule has 0 radical (unpaired) electrons. The minimum Gasteiger partial charge on any atom is -0.300 e. The molecule has 1 aliphatic carbocycles. The SMILES string of the molecule is CC(C)Cc1nnc(NC(=O)C2CCC(C(=O)Nc3nnc(CC(C)C)s3)CC2)s1. The van der Waals surface area contributed by atoms with E-state index in [-0.39, 0.29) is 23.7 Å². The summed E-state index contributed by atoms with van der Waals surface area (Å²) in [6.07, 6.45) is 4.49. The molecular formula is C20H30N6O2S2. The molecule has 0 atom stereocenters. The van der Waals surface area contributed by atoms with Gasteiger partial charge in [-0.05, 0) is 37.5 Å². The minimum absolute atomic E-state index is 0.0245. The Labute approximate surface area is 185 Å². The number of aromatic nitrogens is 4. The lowest BCUT2D eigenvalue weighted by Crippen LogP contribution is -2.32. The number of nitrogens with one attached hydrogen (secondary N) is 2. The monoisotopic (exact) mass is 450 g/mol. The molecule has 1 fully saturated rings. The molecule has 0 aliphatic heterocycles. The molecule has 0 spiro atoms. The third kappa shape index (κ3) is 6.53. The summed E-state index contributed by atoms with van der Waals surface area (Å²) < 4.78 is 0. The zero-order valence-corrected chi connectivity index (χ0v) is 19.6. The zero-order valence-electron chi connectivity index (χ0n) is 18.0. The van der Waals surface area contributed by atoms with E-state index in [0.717, 1.165) is 22.9 Å². The molecule has 10 heteroatoms. The molecule has 2 N–H and O–H groups in total. The van der Waals surface area contributed by atoms with Crippen molar-refractivity contribution < 1.29 is 9.59 Å². The fourth-order valence-corrected chi connectivity index (χ4v) is 5.41. The molecule has 2 aromatic heterocycles. The van der Waals surface area contributed by atoms with Gasteiger partial charge in [0.15, 0.2) is 0 Å². The molecule has 30 heavy (non-hydrogen) atoms. The molecule has 8 nitrogen and oxygen atoms in total. The first-order valence-electron chi connectivity index (χ1n) is 10.6. The molecular weight excluding hydrogens is 420 g/mol. The first-order chi connectivity index (χ1) is 14.3. The van der Waals surface area contributed by atoms with E-state index in [1.165, 1.54) is 22.7 Å². The van der Waals surface area contributed by atoms with Crippen LogP contribution in [0.1, 0.15) is 63.4 Å². The fraction of sp³-hybridized carbons (Fsp3) is 0.700. The summed E-state index contributed by atoms with van der Waals surface area (Å²) in [7, 11) is 0. The number of hydrogen-bond donors (Lipinski definition) is 2. The normalized spacial score (nSPS) is 19.3. The Morgan fingerprint density at radius 3 is 1.47 bits per heavy atom. The Morgan fingerprint density at radius 1 is 0.767 bits per heavy atom. The van der Waals surface area contributed by atoms with E-state index in [1.807, 2.05) is 0 Å². The number of anilines is 2. The third-order valence-electron chi connectivity index (χ3n) is 5.03. The lowest BCUT2D eigenvalue weighted by Gasteiger charge is -2.26. The summed E-state index contributed by atoms with van der Waals surface area (Å²) in [4.78, 5) is 25.1. The maximum Gasteiger partial charge on any atom is 0.229 e. The summed E-state index contributed by atoms with van der Waals surface area (Å²) in [5, 5.41) is 25.2. The average Bonchev–Trinajstić information content (AvgIpc) is 3.30. The molecule has 0 aromatic carbocycles. The van der Waals surface area contributed by atoms with E-state index in [1.54, 1.807) is 0 Å². The van der Waals surface area contributed by atoms with Crippen LogP contribution < -0.4 is 10.6 Å². The molecule has 0 bridgehead atoms. The zero-order chi connectivity index (χ0) is 21.7. The highest BCUT2D eigenvalue weighted by Crippen LogP contribution is 2.31. The second-order valence-corrected chi connectivity index (χ2v) is 10.8. The molecule has 0 saturated heterocycles. The molecule has 164 valence electrons. The van der Waals surface area contributed by atoms with Crippen molar-refractivity contribution in [2.75, 3.05) is 10.6 Å². The summed E-state index contributed by atoms with van der Waals surface area (Å²) in [6.45, 7) is 8.52. The van der Waals surface area contributed by atoms with Crippen LogP contribution in [0, 0.1) is 23.7 Å². The predicted octanol–water partition coefficient (Wildman–Crippen LogP) is 4.17. The van der Waals surface area contributed by atoms with E-state index < -0.39 is 0 Å². The van der Waals surface area contributed by atoms with Crippen molar-refractivity contribution >= 4 is 44.8 Å². The van der Waals surface area contributed by atoms with E-state index in [9.17, 15) is 9.59 Å². The largest absolute Gasteiger partial charge is 0.300 e. The van der Waals surface area contributed by atoms with Gasteiger partial charge in [-0.25, -0.2) is 0 Å². The van der Waals surface area contributed by atoms with Gasteiger partial charge in [-0.15, -0.1) is 20.4 Å². The number of carbonyl (C=O) groups is 2. The predicted molar refractivity (Wildman–Crippen MR) is 120 cm³/mol. The molecule has 0 unspecified atom stereocenters. The van der Waals surface area contributed by atoms with E-state index in [2.05, 4.69) is 58.7 Å². The van der Waals surface area contributed by atoms with Crippen LogP contribution >= 0.6 is 22.7 Å². The van der Waals surface area contributed by atoms with Gasteiger partial charge in [0.1, 0.15) is 10.0 Å². The molecule has 1 aliphatic rings. The molecule has 3 rings (SSSR count). The van der Waals surface area contributed by atoms with Crippen molar-refractivity contribution in [2.24, 2.45) is 23.7 Å². The number of nitrogens with zero attached hydrogens (tertiary/aromatic N) is 4.